The number of hydrogen-bond donors (Lipinski definition) is 0. The van der Waals surface area contributed by atoms with Gasteiger partial charge in [-0.2, -0.15) is 0 Å². The molecule has 16 heavy (non-hydrogen) atoms. The molecule has 2 aliphatic carbocycles. The SMILES string of the molecule is CC(Cl)CCCOC(=O)C1CC2C=CC1C2. The lowest BCUT2D eigenvalue weighted by Crippen LogP contribution is -2.22. The number of carbonyl (C=O) groups is 1. The number of alkyl halides is 1. The summed E-state index contributed by atoms with van der Waals surface area (Å²) >= 11 is 5.82. The molecule has 4 atom stereocenters. The van der Waals surface area contributed by atoms with Gasteiger partial charge < -0.3 is 4.74 Å². The van der Waals surface area contributed by atoms with Gasteiger partial charge in [-0.25, -0.2) is 0 Å². The molecule has 2 aliphatic rings. The highest BCUT2D eigenvalue weighted by molar-refractivity contribution is 6.20. The van der Waals surface area contributed by atoms with E-state index >= 15 is 0 Å². The standard InChI is InChI=1S/C13H19ClO2/c1-9(14)3-2-6-16-13(15)12-8-10-4-5-11(12)7-10/h4-5,9-12H,2-3,6-8H2,1H3. The fraction of sp³-hybridized carbons (Fsp3) is 0.769. The van der Waals surface area contributed by atoms with E-state index in [2.05, 4.69) is 12.2 Å². The number of hydrogen-bond acceptors (Lipinski definition) is 2. The zero-order valence-corrected chi connectivity index (χ0v) is 10.5. The smallest absolute Gasteiger partial charge is 0.309 e. The summed E-state index contributed by atoms with van der Waals surface area (Å²) in [6.07, 6.45) is 8.34. The van der Waals surface area contributed by atoms with Gasteiger partial charge >= 0.3 is 5.97 Å². The number of esters is 1. The molecule has 0 aromatic carbocycles. The molecule has 0 aliphatic heterocycles. The number of allylic oxidation sites excluding steroid dienone is 2. The summed E-state index contributed by atoms with van der Waals surface area (Å²) in [5.74, 6) is 1.21. The van der Waals surface area contributed by atoms with Crippen LogP contribution in [-0.2, 0) is 9.53 Å². The molecule has 3 heteroatoms. The molecule has 0 spiro atoms. The zero-order valence-electron chi connectivity index (χ0n) is 9.69. The first kappa shape index (κ1) is 12.0. The van der Waals surface area contributed by atoms with E-state index in [0.717, 1.165) is 25.7 Å². The Morgan fingerprint density at radius 3 is 2.88 bits per heavy atom. The van der Waals surface area contributed by atoms with E-state index < -0.39 is 0 Å². The monoisotopic (exact) mass is 242 g/mol. The Bertz CT molecular complexity index is 286. The molecular weight excluding hydrogens is 224 g/mol. The minimum atomic E-state index is -0.000856. The second-order valence-corrected chi connectivity index (χ2v) is 5.72. The number of carbonyl (C=O) groups excluding carboxylic acids is 1. The molecule has 0 amide bonds. The van der Waals surface area contributed by atoms with Crippen LogP contribution >= 0.6 is 11.6 Å². The summed E-state index contributed by atoms with van der Waals surface area (Å²) in [6, 6.07) is 0. The number of halogens is 1. The van der Waals surface area contributed by atoms with Gasteiger partial charge in [-0.3, -0.25) is 4.79 Å². The lowest BCUT2D eigenvalue weighted by atomic mass is 9.94. The highest BCUT2D eigenvalue weighted by Crippen LogP contribution is 2.43. The van der Waals surface area contributed by atoms with Crippen LogP contribution in [0.2, 0.25) is 0 Å². The summed E-state index contributed by atoms with van der Waals surface area (Å²) < 4.78 is 5.30. The first-order valence-electron chi connectivity index (χ1n) is 6.16. The van der Waals surface area contributed by atoms with Crippen molar-refractivity contribution >= 4 is 17.6 Å². The maximum absolute atomic E-state index is 11.8. The molecular formula is C13H19ClO2. The van der Waals surface area contributed by atoms with Crippen LogP contribution in [0.4, 0.5) is 0 Å². The van der Waals surface area contributed by atoms with Gasteiger partial charge in [0.25, 0.3) is 0 Å². The number of rotatable bonds is 5. The molecule has 1 fully saturated rings. The van der Waals surface area contributed by atoms with Crippen molar-refractivity contribution in [3.63, 3.8) is 0 Å². The van der Waals surface area contributed by atoms with Gasteiger partial charge in [-0.1, -0.05) is 12.2 Å². The van der Waals surface area contributed by atoms with Gasteiger partial charge in [0.1, 0.15) is 0 Å². The predicted molar refractivity (Wildman–Crippen MR) is 64.4 cm³/mol. The summed E-state index contributed by atoms with van der Waals surface area (Å²) in [5.41, 5.74) is 0. The quantitative estimate of drug-likeness (QED) is 0.320. The fourth-order valence-electron chi connectivity index (χ4n) is 2.70. The minimum absolute atomic E-state index is 0.000856. The van der Waals surface area contributed by atoms with Crippen molar-refractivity contribution in [1.29, 1.82) is 0 Å². The van der Waals surface area contributed by atoms with E-state index in [0.29, 0.717) is 18.4 Å². The van der Waals surface area contributed by atoms with Gasteiger partial charge in [0, 0.05) is 5.38 Å². The van der Waals surface area contributed by atoms with Gasteiger partial charge in [0.15, 0.2) is 0 Å². The number of ether oxygens (including phenoxy) is 1. The Morgan fingerprint density at radius 1 is 1.50 bits per heavy atom. The summed E-state index contributed by atoms with van der Waals surface area (Å²) in [4.78, 5) is 11.8. The van der Waals surface area contributed by atoms with Crippen molar-refractivity contribution in [2.24, 2.45) is 17.8 Å². The van der Waals surface area contributed by atoms with Gasteiger partial charge in [-0.15, -0.1) is 11.6 Å². The Morgan fingerprint density at radius 2 is 2.31 bits per heavy atom. The molecule has 0 N–H and O–H groups in total. The molecule has 2 nitrogen and oxygen atoms in total. The molecule has 0 radical (unpaired) electrons. The van der Waals surface area contributed by atoms with E-state index in [1.54, 1.807) is 0 Å². The molecule has 0 heterocycles. The average Bonchev–Trinajstić information content (AvgIpc) is 2.85. The van der Waals surface area contributed by atoms with E-state index in [1.807, 2.05) is 6.92 Å². The van der Waals surface area contributed by atoms with Gasteiger partial charge in [0.2, 0.25) is 0 Å². The van der Waals surface area contributed by atoms with Crippen LogP contribution in [0.1, 0.15) is 32.6 Å². The summed E-state index contributed by atoms with van der Waals surface area (Å²) in [6.45, 7) is 2.48. The highest BCUT2D eigenvalue weighted by atomic mass is 35.5. The van der Waals surface area contributed by atoms with Crippen molar-refractivity contribution < 1.29 is 9.53 Å². The van der Waals surface area contributed by atoms with Gasteiger partial charge in [0.05, 0.1) is 12.5 Å². The molecule has 2 bridgehead atoms. The molecule has 1 saturated carbocycles. The summed E-state index contributed by atoms with van der Waals surface area (Å²) in [5, 5.41) is 0.170. The third-order valence-electron chi connectivity index (χ3n) is 3.57. The summed E-state index contributed by atoms with van der Waals surface area (Å²) in [7, 11) is 0. The van der Waals surface area contributed by atoms with Crippen LogP contribution in [0.3, 0.4) is 0 Å². The fourth-order valence-corrected chi connectivity index (χ4v) is 2.85. The van der Waals surface area contributed by atoms with Crippen molar-refractivity contribution in [2.75, 3.05) is 6.61 Å². The third kappa shape index (κ3) is 2.79. The topological polar surface area (TPSA) is 26.3 Å². The lowest BCUT2D eigenvalue weighted by molar-refractivity contribution is -0.149. The molecule has 90 valence electrons. The van der Waals surface area contributed by atoms with E-state index in [4.69, 9.17) is 16.3 Å². The Balaban J connectivity index is 1.67. The Hall–Kier alpha value is -0.500. The largest absolute Gasteiger partial charge is 0.465 e. The van der Waals surface area contributed by atoms with E-state index in [1.165, 1.54) is 0 Å². The van der Waals surface area contributed by atoms with Crippen LogP contribution in [0.25, 0.3) is 0 Å². The third-order valence-corrected chi connectivity index (χ3v) is 3.79. The minimum Gasteiger partial charge on any atom is -0.465 e. The first-order chi connectivity index (χ1) is 7.66. The second-order valence-electron chi connectivity index (χ2n) is 4.98. The first-order valence-corrected chi connectivity index (χ1v) is 6.59. The van der Waals surface area contributed by atoms with Crippen LogP contribution < -0.4 is 0 Å². The van der Waals surface area contributed by atoms with Crippen LogP contribution in [0.5, 0.6) is 0 Å². The highest BCUT2D eigenvalue weighted by Gasteiger charge is 2.40. The molecule has 0 saturated heterocycles. The maximum Gasteiger partial charge on any atom is 0.309 e. The lowest BCUT2D eigenvalue weighted by Gasteiger charge is -2.16. The second kappa shape index (κ2) is 5.22. The normalized spacial score (nSPS) is 33.0. The van der Waals surface area contributed by atoms with Crippen LogP contribution in [0.15, 0.2) is 12.2 Å². The Labute approximate surface area is 102 Å². The van der Waals surface area contributed by atoms with Crippen molar-refractivity contribution in [2.45, 2.75) is 38.0 Å². The zero-order chi connectivity index (χ0) is 11.5. The van der Waals surface area contributed by atoms with Crippen molar-refractivity contribution in [3.05, 3.63) is 12.2 Å². The van der Waals surface area contributed by atoms with Crippen molar-refractivity contribution in [3.8, 4) is 0 Å². The van der Waals surface area contributed by atoms with Crippen molar-refractivity contribution in [1.82, 2.24) is 0 Å². The van der Waals surface area contributed by atoms with E-state index in [9.17, 15) is 4.79 Å². The molecule has 4 unspecified atom stereocenters. The number of fused-ring (bicyclic) bond motifs is 2. The molecule has 0 aromatic rings. The molecule has 0 aromatic heterocycles. The Kier molecular flexibility index (Phi) is 3.91. The van der Waals surface area contributed by atoms with Crippen LogP contribution in [0, 0.1) is 17.8 Å². The maximum atomic E-state index is 11.8. The average molecular weight is 243 g/mol. The predicted octanol–water partition coefficient (Wildman–Crippen LogP) is 3.15. The molecule has 2 rings (SSSR count). The van der Waals surface area contributed by atoms with E-state index in [-0.39, 0.29) is 17.3 Å². The van der Waals surface area contributed by atoms with Gasteiger partial charge in [-0.05, 0) is 44.4 Å². The van der Waals surface area contributed by atoms with Crippen LogP contribution in [-0.4, -0.2) is 18.0 Å².